The van der Waals surface area contributed by atoms with Gasteiger partial charge in [-0.3, -0.25) is 9.59 Å². The first-order valence-corrected chi connectivity index (χ1v) is 13.2. The molecule has 8 nitrogen and oxygen atoms in total. The molecule has 0 aliphatic carbocycles. The van der Waals surface area contributed by atoms with Gasteiger partial charge in [0.2, 0.25) is 12.3 Å². The van der Waals surface area contributed by atoms with Crippen molar-refractivity contribution in [3.63, 3.8) is 0 Å². The lowest BCUT2D eigenvalue weighted by atomic mass is 9.73. The fraction of sp³-hybridized carbons (Fsp3) is 0.481. The van der Waals surface area contributed by atoms with E-state index >= 15 is 0 Å². The van der Waals surface area contributed by atoms with Gasteiger partial charge < -0.3 is 31.3 Å². The van der Waals surface area contributed by atoms with E-state index in [-0.39, 0.29) is 27.7 Å². The van der Waals surface area contributed by atoms with E-state index < -0.39 is 60.3 Å². The van der Waals surface area contributed by atoms with Crippen LogP contribution in [-0.4, -0.2) is 65.1 Å². The Bertz CT molecular complexity index is 1200. The molecular formula is C27H33Cl2F2N3O5. The molecule has 39 heavy (non-hydrogen) atoms. The van der Waals surface area contributed by atoms with E-state index in [1.54, 1.807) is 0 Å². The third-order valence-corrected chi connectivity index (χ3v) is 7.38. The molecule has 1 aliphatic heterocycles. The number of aliphatic hydroxyl groups is 3. The largest absolute Gasteiger partial charge is 0.394 e. The van der Waals surface area contributed by atoms with Crippen LogP contribution in [0.2, 0.25) is 10.0 Å². The standard InChI is InChI=1S/C27H33Cl2F2N3O5/c1-27(2,3)9-20-24(14-7-18(31)16(29)8-19(14)33-12-36)23(13-4-5-17(30)15(28)6-13)25(34-20)26(39)32-10-21(37)22(38)11-35/h4-8,12,20-25,34-35,37-38H,9-11H2,1-3H3,(H,32,39)(H,33,36)/t20-,21+,22-,23-,24-,25-/m1/s1. The second-order valence-corrected chi connectivity index (χ2v) is 11.7. The summed E-state index contributed by atoms with van der Waals surface area (Å²) in [4.78, 5) is 24.9. The molecule has 2 aromatic rings. The maximum Gasteiger partial charge on any atom is 0.237 e. The van der Waals surface area contributed by atoms with Gasteiger partial charge in [0.1, 0.15) is 17.7 Å². The summed E-state index contributed by atoms with van der Waals surface area (Å²) in [6.07, 6.45) is -1.92. The van der Waals surface area contributed by atoms with Gasteiger partial charge in [-0.15, -0.1) is 0 Å². The highest BCUT2D eigenvalue weighted by Crippen LogP contribution is 2.49. The van der Waals surface area contributed by atoms with Gasteiger partial charge >= 0.3 is 0 Å². The zero-order valence-electron chi connectivity index (χ0n) is 21.7. The van der Waals surface area contributed by atoms with E-state index in [0.29, 0.717) is 24.0 Å². The summed E-state index contributed by atoms with van der Waals surface area (Å²) in [5.41, 5.74) is 0.862. The Labute approximate surface area is 235 Å². The Kier molecular flexibility index (Phi) is 10.3. The van der Waals surface area contributed by atoms with Crippen LogP contribution < -0.4 is 16.0 Å². The van der Waals surface area contributed by atoms with Crippen molar-refractivity contribution in [3.05, 3.63) is 63.1 Å². The van der Waals surface area contributed by atoms with Gasteiger partial charge in [-0.05, 0) is 47.2 Å². The molecule has 3 rings (SSSR count). The van der Waals surface area contributed by atoms with E-state index in [1.807, 2.05) is 20.8 Å². The van der Waals surface area contributed by atoms with Crippen LogP contribution in [0.3, 0.4) is 0 Å². The predicted octanol–water partition coefficient (Wildman–Crippen LogP) is 3.31. The average molecular weight is 588 g/mol. The normalized spacial score (nSPS) is 22.8. The van der Waals surface area contributed by atoms with Crippen LogP contribution in [0.25, 0.3) is 0 Å². The number of hydrogen-bond donors (Lipinski definition) is 6. The molecule has 2 amide bonds. The van der Waals surface area contributed by atoms with Crippen LogP contribution in [-0.2, 0) is 9.59 Å². The van der Waals surface area contributed by atoms with Crippen LogP contribution in [0.15, 0.2) is 30.3 Å². The number of carbonyl (C=O) groups is 2. The molecule has 0 aromatic heterocycles. The number of hydrogen-bond acceptors (Lipinski definition) is 6. The average Bonchev–Trinajstić information content (AvgIpc) is 3.22. The number of benzene rings is 2. The molecule has 0 spiro atoms. The van der Waals surface area contributed by atoms with E-state index in [4.69, 9.17) is 28.3 Å². The Hall–Kier alpha value is -2.34. The molecule has 12 heteroatoms. The van der Waals surface area contributed by atoms with Gasteiger partial charge in [-0.2, -0.15) is 0 Å². The van der Waals surface area contributed by atoms with Crippen molar-refractivity contribution in [2.24, 2.45) is 5.41 Å². The molecule has 214 valence electrons. The molecule has 2 aromatic carbocycles. The summed E-state index contributed by atoms with van der Waals surface area (Å²) in [5, 5.41) is 36.9. The quantitative estimate of drug-likeness (QED) is 0.236. The van der Waals surface area contributed by atoms with Crippen LogP contribution in [0.1, 0.15) is 50.2 Å². The smallest absolute Gasteiger partial charge is 0.237 e. The number of halogens is 4. The first-order chi connectivity index (χ1) is 18.3. The van der Waals surface area contributed by atoms with Crippen LogP contribution in [0.4, 0.5) is 14.5 Å². The summed E-state index contributed by atoms with van der Waals surface area (Å²) >= 11 is 12.1. The van der Waals surface area contributed by atoms with Crippen molar-refractivity contribution in [2.45, 2.75) is 63.3 Å². The van der Waals surface area contributed by atoms with Crippen LogP contribution in [0, 0.1) is 17.0 Å². The molecule has 0 radical (unpaired) electrons. The number of nitrogens with one attached hydrogen (secondary N) is 3. The second-order valence-electron chi connectivity index (χ2n) is 10.9. The molecule has 6 N–H and O–H groups in total. The van der Waals surface area contributed by atoms with Crippen molar-refractivity contribution in [1.82, 2.24) is 10.6 Å². The number of aliphatic hydroxyl groups excluding tert-OH is 3. The van der Waals surface area contributed by atoms with Gasteiger partial charge in [0.25, 0.3) is 0 Å². The Morgan fingerprint density at radius 3 is 2.33 bits per heavy atom. The lowest BCUT2D eigenvalue weighted by Gasteiger charge is -2.31. The maximum atomic E-state index is 14.8. The van der Waals surface area contributed by atoms with Crippen molar-refractivity contribution in [1.29, 1.82) is 0 Å². The van der Waals surface area contributed by atoms with Crippen molar-refractivity contribution in [3.8, 4) is 0 Å². The summed E-state index contributed by atoms with van der Waals surface area (Å²) in [6, 6.07) is 5.18. The minimum atomic E-state index is -1.45. The summed E-state index contributed by atoms with van der Waals surface area (Å²) < 4.78 is 29.0. The Morgan fingerprint density at radius 1 is 1.08 bits per heavy atom. The monoisotopic (exact) mass is 587 g/mol. The second kappa shape index (κ2) is 12.9. The predicted molar refractivity (Wildman–Crippen MR) is 145 cm³/mol. The van der Waals surface area contributed by atoms with Crippen LogP contribution in [0.5, 0.6) is 0 Å². The van der Waals surface area contributed by atoms with Gasteiger partial charge in [-0.25, -0.2) is 8.78 Å². The summed E-state index contributed by atoms with van der Waals surface area (Å²) in [7, 11) is 0. The molecule has 1 saturated heterocycles. The fourth-order valence-corrected chi connectivity index (χ4v) is 5.46. The highest BCUT2D eigenvalue weighted by molar-refractivity contribution is 6.31. The SMILES string of the molecule is CC(C)(C)C[C@H]1N[C@@H](C(=O)NC[C@H](O)[C@H](O)CO)[C@H](c2ccc(F)c(Cl)c2)[C@@H]1c1cc(F)c(Cl)cc1NC=O. The van der Waals surface area contributed by atoms with Crippen molar-refractivity contribution >= 4 is 41.2 Å². The summed E-state index contributed by atoms with van der Waals surface area (Å²) in [5.74, 6) is -3.28. The molecule has 1 aliphatic rings. The van der Waals surface area contributed by atoms with Gasteiger partial charge in [0.05, 0.1) is 28.8 Å². The minimum Gasteiger partial charge on any atom is -0.394 e. The zero-order chi connectivity index (χ0) is 29.1. The highest BCUT2D eigenvalue weighted by atomic mass is 35.5. The number of rotatable bonds is 10. The van der Waals surface area contributed by atoms with Crippen molar-refractivity contribution in [2.75, 3.05) is 18.5 Å². The molecule has 1 fully saturated rings. The first-order valence-electron chi connectivity index (χ1n) is 12.4. The number of amides is 2. The lowest BCUT2D eigenvalue weighted by molar-refractivity contribution is -0.124. The van der Waals surface area contributed by atoms with Gasteiger partial charge in [-0.1, -0.05) is 50.0 Å². The zero-order valence-corrected chi connectivity index (χ0v) is 23.2. The van der Waals surface area contributed by atoms with Crippen molar-refractivity contribution < 1.29 is 33.7 Å². The first kappa shape index (κ1) is 31.2. The Balaban J connectivity index is 2.17. The number of anilines is 1. The third-order valence-electron chi connectivity index (χ3n) is 6.80. The van der Waals surface area contributed by atoms with Gasteiger partial charge in [0, 0.05) is 30.1 Å². The van der Waals surface area contributed by atoms with Gasteiger partial charge in [0.15, 0.2) is 0 Å². The highest BCUT2D eigenvalue weighted by Gasteiger charge is 2.49. The molecule has 1 heterocycles. The number of carbonyl (C=O) groups excluding carboxylic acids is 2. The third kappa shape index (κ3) is 7.45. The van der Waals surface area contributed by atoms with E-state index in [0.717, 1.165) is 0 Å². The lowest BCUT2D eigenvalue weighted by Crippen LogP contribution is -2.49. The molecule has 0 bridgehead atoms. The molecule has 6 atom stereocenters. The van der Waals surface area contributed by atoms with E-state index in [2.05, 4.69) is 16.0 Å². The minimum absolute atomic E-state index is 0.167. The Morgan fingerprint density at radius 2 is 1.74 bits per heavy atom. The van der Waals surface area contributed by atoms with E-state index in [1.165, 1.54) is 30.3 Å². The fourth-order valence-electron chi connectivity index (χ4n) is 5.11. The molecular weight excluding hydrogens is 555 g/mol. The maximum absolute atomic E-state index is 14.8. The topological polar surface area (TPSA) is 131 Å². The molecule has 0 saturated carbocycles. The molecule has 0 unspecified atom stereocenters. The van der Waals surface area contributed by atoms with E-state index in [9.17, 15) is 28.6 Å². The summed E-state index contributed by atoms with van der Waals surface area (Å²) in [6.45, 7) is 4.96. The van der Waals surface area contributed by atoms with Crippen LogP contribution >= 0.6 is 23.2 Å².